The summed E-state index contributed by atoms with van der Waals surface area (Å²) in [5.74, 6) is -6.59. The third-order valence-corrected chi connectivity index (χ3v) is 18.6. The molecule has 0 fully saturated rings. The van der Waals surface area contributed by atoms with Crippen LogP contribution in [0.2, 0.25) is 0 Å². The van der Waals surface area contributed by atoms with Crippen molar-refractivity contribution in [1.82, 2.24) is 29.9 Å². The van der Waals surface area contributed by atoms with Gasteiger partial charge in [0.05, 0.1) is 32.4 Å². The lowest BCUT2D eigenvalue weighted by molar-refractivity contribution is -0.134. The Kier molecular flexibility index (Phi) is 19.5. The zero-order valence-corrected chi connectivity index (χ0v) is 52.1. The number of anilines is 9. The summed E-state index contributed by atoms with van der Waals surface area (Å²) in [7, 11) is -31.1. The van der Waals surface area contributed by atoms with Crippen LogP contribution in [0.1, 0.15) is 11.1 Å². The van der Waals surface area contributed by atoms with E-state index < -0.39 is 170 Å². The Morgan fingerprint density at radius 3 is 1.16 bits per heavy atom. The maximum absolute atomic E-state index is 13.0. The Morgan fingerprint density at radius 1 is 0.457 bits per heavy atom. The maximum Gasteiger partial charge on any atom is 0.313 e. The normalized spacial score (nSPS) is 12.6. The Morgan fingerprint density at radius 2 is 0.815 bits per heavy atom. The standard InChI is InChI=1S/C46H39N15O23S8/c1-19-11-24(87(67,68)69)5-7-26(19)50-43-52-41(54-45(56-43)85-17-34(62)63)48-22-3-9-30(89(73,74)75)28(15-22)58-60-38-32(91(79,80)81)13-21-14-33(92(82,83)84)39(40(66)36(21)37(38)47)61-59-29-16-23(4-10-31(29)90(76,77)78)49-42-53-44(57-46(55-42)86-18-35(64)65)51-27-8-6-25(12-20(27)2)88(70,71)72/h3-16,66H,17-18,47H2,1-2H3,(H,62,63)(H,64,65)(H,67,68,69)(H,70,71,72)(H,73,74,75)(H,76,77,78)(H,79,80,81)(H,82,83,84)(H2,48,50,52,54,56)(H2,49,51,53,55,57). The van der Waals surface area contributed by atoms with Gasteiger partial charge in [-0.1, -0.05) is 23.5 Å². The molecule has 0 saturated carbocycles. The molecule has 8 aromatic rings. The number of aliphatic carboxylic acids is 2. The van der Waals surface area contributed by atoms with Crippen molar-refractivity contribution < 1.29 is 103 Å². The smallest absolute Gasteiger partial charge is 0.313 e. The van der Waals surface area contributed by atoms with Crippen LogP contribution in [-0.4, -0.2) is 146 Å². The Bertz CT molecular complexity index is 4890. The molecule has 2 aromatic heterocycles. The monoisotopic (exact) mass is 1430 g/mol. The van der Waals surface area contributed by atoms with Crippen LogP contribution in [0.5, 0.6) is 5.75 Å². The predicted octanol–water partition coefficient (Wildman–Crippen LogP) is 6.75. The SMILES string of the molecule is Cc1cc(S(=O)(=O)O)ccc1Nc1nc(Nc2ccc(S(=O)(=O)O)c(N=Nc3c(S(=O)(=O)O)cc4cc(S(=O)(=O)O)c(N=Nc5cc(Nc6nc(Nc7ccc(S(=O)(=O)O)cc7C)nc(SCC(=O)O)n6)ccc5S(=O)(=O)O)c(O)c4c3N)c2)nc(SCC(=O)O)n1. The quantitative estimate of drug-likeness (QED) is 0.0129. The second-order valence-corrected chi connectivity index (χ2v) is 28.6. The molecule has 0 aliphatic carbocycles. The predicted molar refractivity (Wildman–Crippen MR) is 322 cm³/mol. The molecule has 0 radical (unpaired) electrons. The number of hydrogen-bond acceptors (Lipinski definition) is 32. The molecule has 15 N–H and O–H groups in total. The summed E-state index contributed by atoms with van der Waals surface area (Å²) in [6.07, 6.45) is 0. The molecule has 0 aliphatic rings. The molecule has 0 bridgehead atoms. The minimum Gasteiger partial charge on any atom is -0.505 e. The van der Waals surface area contributed by atoms with Crippen LogP contribution in [0.15, 0.2) is 145 Å². The average molecular weight is 1430 g/mol. The number of aromatic nitrogens is 6. The number of carbonyl (C=O) groups is 2. The second kappa shape index (κ2) is 26.1. The molecule has 484 valence electrons. The van der Waals surface area contributed by atoms with Crippen LogP contribution in [0.25, 0.3) is 10.8 Å². The number of azo groups is 2. The minimum atomic E-state index is -5.63. The third-order valence-electron chi connectivity index (χ3n) is 11.7. The number of hydrogen-bond donors (Lipinski definition) is 14. The Hall–Kier alpha value is -9.30. The Balaban J connectivity index is 1.20. The van der Waals surface area contributed by atoms with E-state index in [2.05, 4.69) is 71.6 Å². The fourth-order valence-corrected chi connectivity index (χ4v) is 12.6. The molecule has 46 heteroatoms. The highest BCUT2D eigenvalue weighted by Gasteiger charge is 2.30. The summed E-state index contributed by atoms with van der Waals surface area (Å²) in [4.78, 5) is 42.1. The van der Waals surface area contributed by atoms with E-state index in [-0.39, 0.29) is 56.1 Å². The molecule has 0 atom stereocenters. The molecule has 6 aromatic carbocycles. The number of benzene rings is 6. The van der Waals surface area contributed by atoms with E-state index in [1.54, 1.807) is 0 Å². The zero-order chi connectivity index (χ0) is 67.8. The van der Waals surface area contributed by atoms with E-state index in [1.165, 1.54) is 26.0 Å². The second-order valence-electron chi connectivity index (χ2n) is 18.3. The molecular formula is C46H39N15O23S8. The number of nitrogens with two attached hydrogens (primary N) is 1. The van der Waals surface area contributed by atoms with Gasteiger partial charge in [0.15, 0.2) is 16.1 Å². The van der Waals surface area contributed by atoms with Crippen molar-refractivity contribution in [2.45, 2.75) is 53.5 Å². The number of nitrogens with one attached hydrogen (secondary N) is 4. The van der Waals surface area contributed by atoms with Crippen LogP contribution >= 0.6 is 23.5 Å². The van der Waals surface area contributed by atoms with Gasteiger partial charge in [-0.15, -0.1) is 20.5 Å². The fourth-order valence-electron chi connectivity index (χ4n) is 7.79. The van der Waals surface area contributed by atoms with Crippen molar-refractivity contribution in [2.24, 2.45) is 20.5 Å². The summed E-state index contributed by atoms with van der Waals surface area (Å²) in [5, 5.41) is 54.2. The first-order valence-corrected chi connectivity index (χ1v) is 34.8. The molecule has 0 aliphatic heterocycles. The van der Waals surface area contributed by atoms with Crippen molar-refractivity contribution in [3.63, 3.8) is 0 Å². The number of nitrogen functional groups attached to an aromatic ring is 1. The lowest BCUT2D eigenvalue weighted by Gasteiger charge is -2.14. The van der Waals surface area contributed by atoms with Gasteiger partial charge in [0.1, 0.15) is 42.3 Å². The minimum absolute atomic E-state index is 0.180. The van der Waals surface area contributed by atoms with Gasteiger partial charge < -0.3 is 42.3 Å². The topological polar surface area (TPSA) is 622 Å². The molecule has 0 unspecified atom stereocenters. The van der Waals surface area contributed by atoms with E-state index in [1.807, 2.05) is 0 Å². The van der Waals surface area contributed by atoms with Crippen LogP contribution in [-0.2, 0) is 70.3 Å². The number of nitrogens with zero attached hydrogens (tertiary/aromatic N) is 10. The third kappa shape index (κ3) is 16.8. The first-order chi connectivity index (χ1) is 42.6. The van der Waals surface area contributed by atoms with Gasteiger partial charge in [-0.25, -0.2) is 0 Å². The fraction of sp³-hybridized carbons (Fsp3) is 0.0870. The number of rotatable bonds is 24. The van der Waals surface area contributed by atoms with Gasteiger partial charge in [0, 0.05) is 22.7 Å². The highest BCUT2D eigenvalue weighted by molar-refractivity contribution is 8.00. The van der Waals surface area contributed by atoms with Crippen molar-refractivity contribution in [1.29, 1.82) is 0 Å². The van der Waals surface area contributed by atoms with Gasteiger partial charge in [-0.2, -0.15) is 80.4 Å². The lowest BCUT2D eigenvalue weighted by atomic mass is 10.1. The van der Waals surface area contributed by atoms with Crippen molar-refractivity contribution >= 4 is 182 Å². The zero-order valence-electron chi connectivity index (χ0n) is 45.6. The number of thioether (sulfide) groups is 2. The molecular weight excluding hydrogens is 1390 g/mol. The average Bonchev–Trinajstić information content (AvgIpc) is 0.741. The molecule has 92 heavy (non-hydrogen) atoms. The van der Waals surface area contributed by atoms with Crippen molar-refractivity contribution in [2.75, 3.05) is 38.5 Å². The number of carboxylic acids is 2. The summed E-state index contributed by atoms with van der Waals surface area (Å²) < 4.78 is 210. The molecule has 8 rings (SSSR count). The van der Waals surface area contributed by atoms with Crippen LogP contribution in [0.3, 0.4) is 0 Å². The van der Waals surface area contributed by atoms with Gasteiger partial charge in [0.25, 0.3) is 60.7 Å². The van der Waals surface area contributed by atoms with E-state index in [0.29, 0.717) is 35.7 Å². The first kappa shape index (κ1) is 68.6. The largest absolute Gasteiger partial charge is 0.505 e. The molecule has 2 heterocycles. The Labute approximate surface area is 525 Å². The van der Waals surface area contributed by atoms with Gasteiger partial charge in [-0.05, 0) is 115 Å². The van der Waals surface area contributed by atoms with Gasteiger partial charge in [-0.3, -0.25) is 36.9 Å². The van der Waals surface area contributed by atoms with Gasteiger partial charge >= 0.3 is 11.9 Å². The van der Waals surface area contributed by atoms with Crippen LogP contribution < -0.4 is 27.0 Å². The molecule has 0 spiro atoms. The number of aryl methyl sites for hydroxylation is 2. The number of phenols is 1. The molecule has 38 nitrogen and oxygen atoms in total. The summed E-state index contributed by atoms with van der Waals surface area (Å²) in [5.41, 5.74) is 1.55. The summed E-state index contributed by atoms with van der Waals surface area (Å²) in [6.45, 7) is 2.90. The van der Waals surface area contributed by atoms with E-state index in [0.717, 1.165) is 60.7 Å². The lowest BCUT2D eigenvalue weighted by Crippen LogP contribution is -2.08. The van der Waals surface area contributed by atoms with Crippen LogP contribution in [0, 0.1) is 13.8 Å². The number of aromatic hydroxyl groups is 1. The summed E-state index contributed by atoms with van der Waals surface area (Å²) in [6, 6.07) is 12.8. The molecule has 0 saturated heterocycles. The molecule has 0 amide bonds. The van der Waals surface area contributed by atoms with E-state index in [9.17, 15) is 103 Å². The van der Waals surface area contributed by atoms with Crippen LogP contribution in [0.4, 0.5) is 75.0 Å². The maximum atomic E-state index is 13.0. The first-order valence-electron chi connectivity index (χ1n) is 24.2. The number of phenolic OH excluding ortho intramolecular Hbond substituents is 1. The summed E-state index contributed by atoms with van der Waals surface area (Å²) >= 11 is 1.19. The highest BCUT2D eigenvalue weighted by Crippen LogP contribution is 2.49. The highest BCUT2D eigenvalue weighted by atomic mass is 32.2. The van der Waals surface area contributed by atoms with E-state index >= 15 is 0 Å². The van der Waals surface area contributed by atoms with Crippen molar-refractivity contribution in [3.05, 3.63) is 96.1 Å². The number of carboxylic acid groups (broad SMARTS) is 2. The van der Waals surface area contributed by atoms with E-state index in [4.69, 9.17) is 5.73 Å². The van der Waals surface area contributed by atoms with Gasteiger partial charge in [0.2, 0.25) is 23.8 Å². The van der Waals surface area contributed by atoms with Crippen molar-refractivity contribution in [3.8, 4) is 5.75 Å². The number of fused-ring (bicyclic) bond motifs is 1.